The van der Waals surface area contributed by atoms with Gasteiger partial charge in [-0.25, -0.2) is 4.68 Å². The molecule has 6 nitrogen and oxygen atoms in total. The Morgan fingerprint density at radius 3 is 2.86 bits per heavy atom. The molecular formula is C21H25ClN4O2S. The van der Waals surface area contributed by atoms with Gasteiger partial charge in [0, 0.05) is 61.6 Å². The van der Waals surface area contributed by atoms with E-state index in [9.17, 15) is 4.79 Å². The molecule has 3 heterocycles. The first-order valence-electron chi connectivity index (χ1n) is 9.85. The van der Waals surface area contributed by atoms with Crippen LogP contribution in [0.15, 0.2) is 35.7 Å². The molecule has 1 aliphatic rings. The topological polar surface area (TPSA) is 50.6 Å². The van der Waals surface area contributed by atoms with Gasteiger partial charge in [0.1, 0.15) is 5.69 Å². The van der Waals surface area contributed by atoms with Crippen LogP contribution < -0.4 is 9.64 Å². The molecule has 0 N–H and O–H groups in total. The maximum absolute atomic E-state index is 11.6. The SMILES string of the molecule is Cn1nc(C(=O)CCl)cc1OCCCN1CCN(c2cccc3sccc23)CC1. The lowest BCUT2D eigenvalue weighted by Crippen LogP contribution is -2.46. The van der Waals surface area contributed by atoms with Gasteiger partial charge in [0.05, 0.1) is 12.5 Å². The quantitative estimate of drug-likeness (QED) is 0.309. The number of ketones is 1. The maximum atomic E-state index is 11.6. The van der Waals surface area contributed by atoms with Crippen LogP contribution in [0.25, 0.3) is 10.1 Å². The number of benzene rings is 1. The fourth-order valence-corrected chi connectivity index (χ4v) is 4.67. The summed E-state index contributed by atoms with van der Waals surface area (Å²) < 4.78 is 8.74. The van der Waals surface area contributed by atoms with Crippen molar-refractivity contribution in [2.45, 2.75) is 6.42 Å². The molecule has 4 rings (SSSR count). The van der Waals surface area contributed by atoms with Crippen LogP contribution in [0.1, 0.15) is 16.9 Å². The van der Waals surface area contributed by atoms with Crippen LogP contribution in [0.5, 0.6) is 5.88 Å². The van der Waals surface area contributed by atoms with Crippen molar-refractivity contribution < 1.29 is 9.53 Å². The number of thiophene rings is 1. The Hall–Kier alpha value is -2.09. The third kappa shape index (κ3) is 4.57. The average Bonchev–Trinajstić information content (AvgIpc) is 3.37. The van der Waals surface area contributed by atoms with E-state index in [1.54, 1.807) is 29.1 Å². The summed E-state index contributed by atoms with van der Waals surface area (Å²) in [6, 6.07) is 10.5. The molecule has 0 atom stereocenters. The highest BCUT2D eigenvalue weighted by Gasteiger charge is 2.19. The number of piperazine rings is 1. The second-order valence-corrected chi connectivity index (χ2v) is 8.40. The highest BCUT2D eigenvalue weighted by molar-refractivity contribution is 7.17. The zero-order chi connectivity index (χ0) is 20.2. The molecule has 1 aliphatic heterocycles. The number of hydrogen-bond donors (Lipinski definition) is 0. The Balaban J connectivity index is 1.22. The summed E-state index contributed by atoms with van der Waals surface area (Å²) in [6.07, 6.45) is 0.935. The Kier molecular flexibility index (Phi) is 6.37. The Morgan fingerprint density at radius 1 is 1.24 bits per heavy atom. The van der Waals surface area contributed by atoms with E-state index < -0.39 is 0 Å². The second kappa shape index (κ2) is 9.15. The van der Waals surface area contributed by atoms with Gasteiger partial charge in [0.25, 0.3) is 0 Å². The van der Waals surface area contributed by atoms with Crippen LogP contribution in [0, 0.1) is 0 Å². The number of alkyl halides is 1. The minimum absolute atomic E-state index is 0.0661. The van der Waals surface area contributed by atoms with Crippen LogP contribution >= 0.6 is 22.9 Å². The predicted molar refractivity (Wildman–Crippen MR) is 119 cm³/mol. The molecule has 0 bridgehead atoms. The lowest BCUT2D eigenvalue weighted by Gasteiger charge is -2.36. The molecule has 1 saturated heterocycles. The molecule has 1 aromatic carbocycles. The van der Waals surface area contributed by atoms with Gasteiger partial charge in [-0.1, -0.05) is 6.07 Å². The maximum Gasteiger partial charge on any atom is 0.212 e. The summed E-state index contributed by atoms with van der Waals surface area (Å²) in [5, 5.41) is 7.68. The van der Waals surface area contributed by atoms with E-state index >= 15 is 0 Å². The Morgan fingerprint density at radius 2 is 2.07 bits per heavy atom. The zero-order valence-corrected chi connectivity index (χ0v) is 18.1. The molecule has 29 heavy (non-hydrogen) atoms. The van der Waals surface area contributed by atoms with Crippen molar-refractivity contribution in [1.82, 2.24) is 14.7 Å². The van der Waals surface area contributed by atoms with Crippen molar-refractivity contribution in [3.8, 4) is 5.88 Å². The fraction of sp³-hybridized carbons (Fsp3) is 0.429. The van der Waals surface area contributed by atoms with E-state index in [4.69, 9.17) is 16.3 Å². The largest absolute Gasteiger partial charge is 0.478 e. The Labute approximate surface area is 179 Å². The van der Waals surface area contributed by atoms with Gasteiger partial charge in [0.2, 0.25) is 5.88 Å². The minimum Gasteiger partial charge on any atom is -0.478 e. The molecule has 0 radical (unpaired) electrons. The molecule has 0 aliphatic carbocycles. The number of Topliss-reactive ketones (excluding diaryl/α,β-unsaturated/α-hetero) is 1. The highest BCUT2D eigenvalue weighted by Crippen LogP contribution is 2.31. The molecule has 0 spiro atoms. The molecule has 154 valence electrons. The Bertz CT molecular complexity index is 978. The first-order chi connectivity index (χ1) is 14.2. The molecule has 0 amide bonds. The van der Waals surface area contributed by atoms with Crippen LogP contribution in [-0.2, 0) is 7.05 Å². The van der Waals surface area contributed by atoms with Crippen molar-refractivity contribution in [2.75, 3.05) is 50.1 Å². The van der Waals surface area contributed by atoms with Gasteiger partial charge in [-0.2, -0.15) is 5.10 Å². The molecule has 2 aromatic heterocycles. The van der Waals surface area contributed by atoms with Crippen LogP contribution in [0.4, 0.5) is 5.69 Å². The van der Waals surface area contributed by atoms with Crippen molar-refractivity contribution in [3.63, 3.8) is 0 Å². The molecular weight excluding hydrogens is 408 g/mol. The van der Waals surface area contributed by atoms with Crippen molar-refractivity contribution in [3.05, 3.63) is 41.4 Å². The summed E-state index contributed by atoms with van der Waals surface area (Å²) in [5.74, 6) is 0.351. The van der Waals surface area contributed by atoms with E-state index in [0.29, 0.717) is 18.2 Å². The summed E-state index contributed by atoms with van der Waals surface area (Å²) in [5.41, 5.74) is 1.71. The first kappa shape index (κ1) is 20.2. The highest BCUT2D eigenvalue weighted by atomic mass is 35.5. The monoisotopic (exact) mass is 432 g/mol. The minimum atomic E-state index is -0.187. The number of fused-ring (bicyclic) bond motifs is 1. The molecule has 8 heteroatoms. The van der Waals surface area contributed by atoms with E-state index in [-0.39, 0.29) is 11.7 Å². The average molecular weight is 433 g/mol. The predicted octanol–water partition coefficient (Wildman–Crippen LogP) is 3.65. The second-order valence-electron chi connectivity index (χ2n) is 7.19. The van der Waals surface area contributed by atoms with Crippen molar-refractivity contribution in [2.24, 2.45) is 7.05 Å². The van der Waals surface area contributed by atoms with Gasteiger partial charge < -0.3 is 9.64 Å². The number of carbonyl (C=O) groups excluding carboxylic acids is 1. The smallest absolute Gasteiger partial charge is 0.212 e. The van der Waals surface area contributed by atoms with Crippen LogP contribution in [0.2, 0.25) is 0 Å². The standard InChI is InChI=1S/C21H25ClN4O2S/c1-24-21(14-17(23-24)19(27)15-22)28-12-3-7-25-8-10-26(11-9-25)18-4-2-5-20-16(18)6-13-29-20/h2,4-6,13-14H,3,7-12,15H2,1H3. The number of hydrogen-bond acceptors (Lipinski definition) is 6. The van der Waals surface area contributed by atoms with Gasteiger partial charge >= 0.3 is 0 Å². The lowest BCUT2D eigenvalue weighted by atomic mass is 10.2. The van der Waals surface area contributed by atoms with Gasteiger partial charge in [-0.3, -0.25) is 9.69 Å². The normalized spacial score (nSPS) is 15.2. The summed E-state index contributed by atoms with van der Waals surface area (Å²) in [4.78, 5) is 16.6. The molecule has 0 unspecified atom stereocenters. The van der Waals surface area contributed by atoms with E-state index in [1.807, 2.05) is 0 Å². The number of carbonyl (C=O) groups is 1. The summed E-state index contributed by atoms with van der Waals surface area (Å²) >= 11 is 7.39. The number of halogens is 1. The molecule has 0 saturated carbocycles. The van der Waals surface area contributed by atoms with Gasteiger partial charge in [0.15, 0.2) is 5.78 Å². The lowest BCUT2D eigenvalue weighted by molar-refractivity contribution is 0.101. The zero-order valence-electron chi connectivity index (χ0n) is 16.5. The summed E-state index contributed by atoms with van der Waals surface area (Å²) in [7, 11) is 1.77. The van der Waals surface area contributed by atoms with Crippen molar-refractivity contribution in [1.29, 1.82) is 0 Å². The van der Waals surface area contributed by atoms with Gasteiger partial charge in [-0.15, -0.1) is 22.9 Å². The van der Waals surface area contributed by atoms with Crippen LogP contribution in [-0.4, -0.2) is 65.7 Å². The number of aryl methyl sites for hydroxylation is 1. The number of nitrogens with zero attached hydrogens (tertiary/aromatic N) is 4. The van der Waals surface area contributed by atoms with Crippen LogP contribution in [0.3, 0.4) is 0 Å². The molecule has 1 fully saturated rings. The van der Waals surface area contributed by atoms with E-state index in [0.717, 1.165) is 39.1 Å². The fourth-order valence-electron chi connectivity index (χ4n) is 3.72. The third-order valence-electron chi connectivity index (χ3n) is 5.30. The number of anilines is 1. The first-order valence-corrected chi connectivity index (χ1v) is 11.3. The third-order valence-corrected chi connectivity index (χ3v) is 6.42. The van der Waals surface area contributed by atoms with Crippen molar-refractivity contribution >= 4 is 44.5 Å². The molecule has 3 aromatic rings. The van der Waals surface area contributed by atoms with Gasteiger partial charge in [-0.05, 0) is 30.0 Å². The summed E-state index contributed by atoms with van der Waals surface area (Å²) in [6.45, 7) is 5.80. The number of ether oxygens (including phenoxy) is 1. The number of aromatic nitrogens is 2. The van der Waals surface area contributed by atoms with E-state index in [1.165, 1.54) is 15.8 Å². The van der Waals surface area contributed by atoms with E-state index in [2.05, 4.69) is 44.5 Å². The number of rotatable bonds is 8.